The summed E-state index contributed by atoms with van der Waals surface area (Å²) in [7, 11) is 5.10. The number of benzene rings is 2. The highest BCUT2D eigenvalue weighted by Gasteiger charge is 2.24. The molecule has 0 aliphatic carbocycles. The third-order valence-corrected chi connectivity index (χ3v) is 5.13. The minimum absolute atomic E-state index is 0.214. The first-order chi connectivity index (χ1) is 13.5. The van der Waals surface area contributed by atoms with Gasteiger partial charge in [-0.2, -0.15) is 0 Å². The van der Waals surface area contributed by atoms with Crippen LogP contribution in [-0.4, -0.2) is 31.4 Å². The molecule has 1 heterocycles. The van der Waals surface area contributed by atoms with Crippen molar-refractivity contribution in [1.82, 2.24) is 4.57 Å². The molecule has 1 aromatic heterocycles. The number of nitrogens with zero attached hydrogens (tertiary/aromatic N) is 1. The van der Waals surface area contributed by atoms with Gasteiger partial charge in [-0.3, -0.25) is 0 Å². The van der Waals surface area contributed by atoms with Crippen LogP contribution in [0.2, 0.25) is 0 Å². The highest BCUT2D eigenvalue weighted by atomic mass is 79.9. The minimum Gasteiger partial charge on any atom is -0.497 e. The van der Waals surface area contributed by atoms with Gasteiger partial charge in [-0.1, -0.05) is 0 Å². The number of rotatable bonds is 7. The van der Waals surface area contributed by atoms with Crippen molar-refractivity contribution in [3.8, 4) is 17.2 Å². The highest BCUT2D eigenvalue weighted by molar-refractivity contribution is 9.10. The Bertz CT molecular complexity index is 994. The van der Waals surface area contributed by atoms with Gasteiger partial charge in [0.05, 0.1) is 42.1 Å². The first-order valence-electron chi connectivity index (χ1n) is 8.78. The van der Waals surface area contributed by atoms with Gasteiger partial charge in [0, 0.05) is 12.4 Å². The van der Waals surface area contributed by atoms with E-state index in [1.807, 2.05) is 48.0 Å². The van der Waals surface area contributed by atoms with E-state index in [0.29, 0.717) is 23.7 Å². The highest BCUT2D eigenvalue weighted by Crippen LogP contribution is 2.35. The summed E-state index contributed by atoms with van der Waals surface area (Å²) >= 11 is 3.50. The van der Waals surface area contributed by atoms with E-state index in [-0.39, 0.29) is 12.6 Å². The predicted octanol–water partition coefficient (Wildman–Crippen LogP) is 4.71. The van der Waals surface area contributed by atoms with Gasteiger partial charge >= 0.3 is 5.97 Å². The van der Waals surface area contributed by atoms with Crippen LogP contribution < -0.4 is 14.2 Å². The number of aryl methyl sites for hydroxylation is 1. The second-order valence-electron chi connectivity index (χ2n) is 6.07. The van der Waals surface area contributed by atoms with E-state index in [2.05, 4.69) is 15.9 Å². The van der Waals surface area contributed by atoms with Crippen molar-refractivity contribution in [1.29, 1.82) is 0 Å². The van der Waals surface area contributed by atoms with Gasteiger partial charge in [-0.15, -0.1) is 0 Å². The molecule has 2 aromatic carbocycles. The Hall–Kier alpha value is -2.67. The zero-order valence-electron chi connectivity index (χ0n) is 16.2. The number of ether oxygens (including phenoxy) is 4. The van der Waals surface area contributed by atoms with Crippen LogP contribution >= 0.6 is 15.9 Å². The van der Waals surface area contributed by atoms with Crippen LogP contribution in [0.5, 0.6) is 17.2 Å². The zero-order valence-corrected chi connectivity index (χ0v) is 17.8. The molecule has 28 heavy (non-hydrogen) atoms. The van der Waals surface area contributed by atoms with Crippen LogP contribution in [0, 0.1) is 0 Å². The number of halogens is 1. The molecule has 0 saturated heterocycles. The standard InChI is InChI=1S/C21H22BrNO5/c1-5-27-21(24)20-15-10-19(26-4)16(22)11-17(15)23(2)18(20)12-28-14-8-6-13(25-3)7-9-14/h6-11H,5,12H2,1-4H3. The number of esters is 1. The van der Waals surface area contributed by atoms with Crippen molar-refractivity contribution in [2.45, 2.75) is 13.5 Å². The first-order valence-corrected chi connectivity index (χ1v) is 9.58. The second-order valence-corrected chi connectivity index (χ2v) is 6.92. The number of fused-ring (bicyclic) bond motifs is 1. The molecule has 6 nitrogen and oxygen atoms in total. The molecule has 0 unspecified atom stereocenters. The number of carbonyl (C=O) groups is 1. The van der Waals surface area contributed by atoms with E-state index in [9.17, 15) is 4.79 Å². The van der Waals surface area contributed by atoms with E-state index >= 15 is 0 Å². The Morgan fingerprint density at radius 3 is 2.36 bits per heavy atom. The molecule has 0 N–H and O–H groups in total. The fourth-order valence-electron chi connectivity index (χ4n) is 3.07. The predicted molar refractivity (Wildman–Crippen MR) is 110 cm³/mol. The molecular formula is C21H22BrNO5. The monoisotopic (exact) mass is 447 g/mol. The maximum Gasteiger partial charge on any atom is 0.340 e. The van der Waals surface area contributed by atoms with E-state index < -0.39 is 0 Å². The summed E-state index contributed by atoms with van der Waals surface area (Å²) < 4.78 is 24.5. The number of methoxy groups -OCH3 is 2. The molecule has 0 aliphatic heterocycles. The molecule has 0 bridgehead atoms. The van der Waals surface area contributed by atoms with Crippen LogP contribution in [0.25, 0.3) is 10.9 Å². The van der Waals surface area contributed by atoms with Gasteiger partial charge in [0.1, 0.15) is 23.9 Å². The van der Waals surface area contributed by atoms with E-state index in [1.54, 1.807) is 21.1 Å². The van der Waals surface area contributed by atoms with E-state index in [0.717, 1.165) is 26.8 Å². The number of carbonyl (C=O) groups excluding carboxylic acids is 1. The topological polar surface area (TPSA) is 58.9 Å². The molecule has 0 aliphatic rings. The summed E-state index contributed by atoms with van der Waals surface area (Å²) in [6.45, 7) is 2.29. The molecule has 0 atom stereocenters. The van der Waals surface area contributed by atoms with Crippen molar-refractivity contribution >= 4 is 32.8 Å². The normalized spacial score (nSPS) is 10.8. The average molecular weight is 448 g/mol. The van der Waals surface area contributed by atoms with Gasteiger partial charge in [0.15, 0.2) is 0 Å². The fourth-order valence-corrected chi connectivity index (χ4v) is 3.56. The lowest BCUT2D eigenvalue weighted by Crippen LogP contribution is -2.11. The average Bonchev–Trinajstić information content (AvgIpc) is 2.97. The Morgan fingerprint density at radius 1 is 1.07 bits per heavy atom. The Labute approximate surface area is 172 Å². The van der Waals surface area contributed by atoms with Crippen molar-refractivity contribution < 1.29 is 23.7 Å². The van der Waals surface area contributed by atoms with Crippen LogP contribution in [0.3, 0.4) is 0 Å². The van der Waals surface area contributed by atoms with Crippen molar-refractivity contribution in [3.63, 3.8) is 0 Å². The molecule has 0 saturated carbocycles. The number of aromatic nitrogens is 1. The minimum atomic E-state index is -0.384. The molecule has 3 rings (SSSR count). The van der Waals surface area contributed by atoms with Crippen molar-refractivity contribution in [2.24, 2.45) is 7.05 Å². The van der Waals surface area contributed by atoms with Gasteiger partial charge < -0.3 is 23.5 Å². The van der Waals surface area contributed by atoms with E-state index in [4.69, 9.17) is 18.9 Å². The SMILES string of the molecule is CCOC(=O)c1c(COc2ccc(OC)cc2)n(C)c2cc(Br)c(OC)cc12. The molecule has 3 aromatic rings. The lowest BCUT2D eigenvalue weighted by atomic mass is 10.1. The van der Waals surface area contributed by atoms with Gasteiger partial charge in [-0.05, 0) is 59.3 Å². The van der Waals surface area contributed by atoms with Crippen LogP contribution in [0.1, 0.15) is 23.0 Å². The van der Waals surface area contributed by atoms with Crippen molar-refractivity contribution in [3.05, 3.63) is 52.1 Å². The van der Waals surface area contributed by atoms with Gasteiger partial charge in [0.2, 0.25) is 0 Å². The smallest absolute Gasteiger partial charge is 0.340 e. The lowest BCUT2D eigenvalue weighted by Gasteiger charge is -2.10. The first kappa shape index (κ1) is 20.1. The van der Waals surface area contributed by atoms with E-state index in [1.165, 1.54) is 0 Å². The largest absolute Gasteiger partial charge is 0.497 e. The quantitative estimate of drug-likeness (QED) is 0.490. The third-order valence-electron chi connectivity index (χ3n) is 4.51. The summed E-state index contributed by atoms with van der Waals surface area (Å²) in [5.74, 6) is 1.69. The van der Waals surface area contributed by atoms with Gasteiger partial charge in [-0.25, -0.2) is 4.79 Å². The Kier molecular flexibility index (Phi) is 6.14. The summed E-state index contributed by atoms with van der Waals surface area (Å²) in [4.78, 5) is 12.7. The zero-order chi connectivity index (χ0) is 20.3. The fraction of sp³-hybridized carbons (Fsp3) is 0.286. The maximum atomic E-state index is 12.7. The van der Waals surface area contributed by atoms with Gasteiger partial charge in [0.25, 0.3) is 0 Å². The molecule has 148 valence electrons. The summed E-state index contributed by atoms with van der Waals surface area (Å²) in [5, 5.41) is 0.759. The maximum absolute atomic E-state index is 12.7. The Morgan fingerprint density at radius 2 is 1.75 bits per heavy atom. The second kappa shape index (κ2) is 8.56. The molecular weight excluding hydrogens is 426 g/mol. The molecule has 7 heteroatoms. The third kappa shape index (κ3) is 3.80. The molecule has 0 spiro atoms. The Balaban J connectivity index is 2.04. The molecule has 0 fully saturated rings. The van der Waals surface area contributed by atoms with Crippen LogP contribution in [0.15, 0.2) is 40.9 Å². The summed E-state index contributed by atoms with van der Waals surface area (Å²) in [5.41, 5.74) is 2.09. The molecule has 0 amide bonds. The van der Waals surface area contributed by atoms with Crippen LogP contribution in [0.4, 0.5) is 0 Å². The molecule has 0 radical (unpaired) electrons. The van der Waals surface area contributed by atoms with Crippen molar-refractivity contribution in [2.75, 3.05) is 20.8 Å². The van der Waals surface area contributed by atoms with Crippen LogP contribution in [-0.2, 0) is 18.4 Å². The number of hydrogen-bond donors (Lipinski definition) is 0. The summed E-state index contributed by atoms with van der Waals surface area (Å²) in [6, 6.07) is 11.1. The number of hydrogen-bond acceptors (Lipinski definition) is 5. The lowest BCUT2D eigenvalue weighted by molar-refractivity contribution is 0.0525. The summed E-state index contributed by atoms with van der Waals surface area (Å²) in [6.07, 6.45) is 0.